The fraction of sp³-hybridized carbons (Fsp3) is 0.625. The summed E-state index contributed by atoms with van der Waals surface area (Å²) in [6.07, 6.45) is -1.93. The van der Waals surface area contributed by atoms with Crippen LogP contribution in [0.5, 0.6) is 5.75 Å². The highest BCUT2D eigenvalue weighted by Gasteiger charge is 2.40. The maximum Gasteiger partial charge on any atom is 0.326 e. The predicted octanol–water partition coefficient (Wildman–Crippen LogP) is -3.43. The zero-order valence-corrected chi connectivity index (χ0v) is 44.3. The molecule has 1 aromatic carbocycles. The monoisotopic (exact) mass is 1090 g/mol. The molecule has 2 rings (SSSR count). The van der Waals surface area contributed by atoms with Crippen LogP contribution < -0.4 is 54.4 Å². The summed E-state index contributed by atoms with van der Waals surface area (Å²) in [5, 5.41) is 56.3. The molecule has 28 heteroatoms. The number of carboxylic acids is 2. The first kappa shape index (κ1) is 65.0. The molecule has 1 aromatic rings. The second kappa shape index (κ2) is 31.7. The molecule has 1 aliphatic rings. The number of phenolic OH excluding ortho intramolecular Hbond substituents is 1. The number of nitrogens with zero attached hydrogens (tertiary/aromatic N) is 1. The lowest BCUT2D eigenvalue weighted by atomic mass is 9.96. The summed E-state index contributed by atoms with van der Waals surface area (Å²) in [5.74, 6) is -13.7. The Morgan fingerprint density at radius 3 is 1.71 bits per heavy atom. The van der Waals surface area contributed by atoms with Crippen LogP contribution in [0.2, 0.25) is 0 Å². The molecule has 0 aliphatic carbocycles. The molecule has 0 aromatic heterocycles. The molecule has 27 nitrogen and oxygen atoms in total. The zero-order valence-electron chi connectivity index (χ0n) is 43.5. The van der Waals surface area contributed by atoms with Gasteiger partial charge in [-0.25, -0.2) is 4.79 Å². The highest BCUT2D eigenvalue weighted by atomic mass is 32.2. The van der Waals surface area contributed by atoms with Crippen molar-refractivity contribution < 1.29 is 78.0 Å². The molecular formula is C48H75N11O16S. The number of aliphatic hydroxyl groups is 1. The van der Waals surface area contributed by atoms with Crippen LogP contribution in [-0.2, 0) is 64.0 Å². The van der Waals surface area contributed by atoms with Gasteiger partial charge in [-0.2, -0.15) is 11.8 Å². The Labute approximate surface area is 444 Å². The number of nitrogens with one attached hydrogen (secondary N) is 7. The van der Waals surface area contributed by atoms with Crippen LogP contribution in [0.4, 0.5) is 0 Å². The van der Waals surface area contributed by atoms with Crippen LogP contribution in [0.3, 0.4) is 0 Å². The summed E-state index contributed by atoms with van der Waals surface area (Å²) in [7, 11) is 0. The number of hydrogen-bond acceptors (Lipinski definition) is 16. The number of aliphatic hydroxyl groups excluding tert-OH is 1. The van der Waals surface area contributed by atoms with Gasteiger partial charge in [0, 0.05) is 19.4 Å². The number of amides is 10. The molecule has 0 radical (unpaired) electrons. The van der Waals surface area contributed by atoms with Gasteiger partial charge in [-0.05, 0) is 80.6 Å². The first-order valence-corrected chi connectivity index (χ1v) is 26.1. The number of aliphatic carboxylic acids is 2. The van der Waals surface area contributed by atoms with Crippen molar-refractivity contribution in [2.24, 2.45) is 29.0 Å². The van der Waals surface area contributed by atoms with Gasteiger partial charge in [-0.1, -0.05) is 46.2 Å². The topological polar surface area (TPSA) is 451 Å². The number of hydrogen-bond donors (Lipinski definition) is 14. The number of carbonyl (C=O) groups is 12. The van der Waals surface area contributed by atoms with Crippen molar-refractivity contribution in [3.8, 4) is 5.75 Å². The Hall–Kier alpha value is -7.07. The van der Waals surface area contributed by atoms with Gasteiger partial charge in [0.25, 0.3) is 0 Å². The quantitative estimate of drug-likeness (QED) is 0.0326. The number of thioether (sulfide) groups is 1. The van der Waals surface area contributed by atoms with Crippen molar-refractivity contribution in [2.45, 2.75) is 159 Å². The van der Waals surface area contributed by atoms with E-state index in [2.05, 4.69) is 37.2 Å². The maximum absolute atomic E-state index is 14.1. The van der Waals surface area contributed by atoms with Crippen LogP contribution >= 0.6 is 11.8 Å². The molecule has 1 saturated heterocycles. The fourth-order valence-corrected chi connectivity index (χ4v) is 8.37. The summed E-state index contributed by atoms with van der Waals surface area (Å²) in [5.41, 5.74) is 17.1. The minimum absolute atomic E-state index is 0.00486. The highest BCUT2D eigenvalue weighted by molar-refractivity contribution is 7.98. The minimum atomic E-state index is -1.93. The van der Waals surface area contributed by atoms with Gasteiger partial charge in [0.2, 0.25) is 59.1 Å². The van der Waals surface area contributed by atoms with E-state index >= 15 is 0 Å². The van der Waals surface area contributed by atoms with E-state index in [1.807, 2.05) is 0 Å². The Bertz CT molecular complexity index is 2240. The van der Waals surface area contributed by atoms with E-state index < -0.39 is 163 Å². The van der Waals surface area contributed by atoms with Gasteiger partial charge in [-0.3, -0.25) is 52.7 Å². The maximum atomic E-state index is 14.1. The number of phenols is 1. The lowest BCUT2D eigenvalue weighted by molar-refractivity contribution is -0.143. The van der Waals surface area contributed by atoms with Crippen LogP contribution in [0.25, 0.3) is 0 Å². The zero-order chi connectivity index (χ0) is 57.6. The summed E-state index contributed by atoms with van der Waals surface area (Å²) in [6.45, 7) is 8.03. The molecule has 17 N–H and O–H groups in total. The number of carboxylic acid groups (broad SMARTS) is 2. The molecular weight excluding hydrogens is 1020 g/mol. The molecule has 10 amide bonds. The van der Waals surface area contributed by atoms with Crippen molar-refractivity contribution in [3.63, 3.8) is 0 Å². The first-order chi connectivity index (χ1) is 35.6. The molecule has 76 heavy (non-hydrogen) atoms. The standard InChI is InChI=1S/C48H75N11O16S/c1-7-24(4)39(46(72)56-31(21-36(50)63)43(69)52-28(14-15-35(49)62)40(66)53-29(16-18-76-6)41(67)57-33(48(74)75)19-23(2)3)58-44(70)32(22-37(64)65)54-42(68)30(20-26-10-12-27(61)13-11-26)55-45(71)34-9-8-17-59(34)47(73)38(51)25(5)60/h10-13,23-25,28-34,38-39,60-61H,7-9,14-22,51H2,1-6H3,(H2,49,62)(H2,50,63)(H,52,69)(H,53,66)(H,54,68)(H,55,71)(H,56,72)(H,57,67)(H,58,70)(H,64,65)(H,74,75)/t24-,25+,28-,29-,30-,31-,32-,33-,34-,38-,39-/m0/s1. The molecule has 1 fully saturated rings. The molecule has 1 aliphatic heterocycles. The number of carbonyl (C=O) groups excluding carboxylic acids is 10. The summed E-state index contributed by atoms with van der Waals surface area (Å²) in [6, 6.07) is -8.24. The number of benzene rings is 1. The number of aromatic hydroxyl groups is 1. The third-order valence-electron chi connectivity index (χ3n) is 12.4. The van der Waals surface area contributed by atoms with Crippen molar-refractivity contribution in [2.75, 3.05) is 18.6 Å². The lowest BCUT2D eigenvalue weighted by Crippen LogP contribution is -2.62. The van der Waals surface area contributed by atoms with Crippen LogP contribution in [0.15, 0.2) is 24.3 Å². The first-order valence-electron chi connectivity index (χ1n) is 24.7. The molecule has 0 bridgehead atoms. The smallest absolute Gasteiger partial charge is 0.326 e. The summed E-state index contributed by atoms with van der Waals surface area (Å²) >= 11 is 1.31. The number of likely N-dealkylation sites (tertiary alicyclic amines) is 1. The van der Waals surface area contributed by atoms with Crippen molar-refractivity contribution >= 4 is 82.8 Å². The second-order valence-electron chi connectivity index (χ2n) is 19.1. The van der Waals surface area contributed by atoms with E-state index in [9.17, 15) is 78.0 Å². The Kier molecular flexibility index (Phi) is 27.2. The van der Waals surface area contributed by atoms with Crippen molar-refractivity contribution in [1.82, 2.24) is 42.1 Å². The van der Waals surface area contributed by atoms with Gasteiger partial charge in [0.15, 0.2) is 0 Å². The third-order valence-corrected chi connectivity index (χ3v) is 13.0. The van der Waals surface area contributed by atoms with E-state index in [4.69, 9.17) is 17.2 Å². The minimum Gasteiger partial charge on any atom is -0.508 e. The van der Waals surface area contributed by atoms with Gasteiger partial charge in [0.1, 0.15) is 60.1 Å². The molecule has 0 unspecified atom stereocenters. The van der Waals surface area contributed by atoms with Gasteiger partial charge < -0.3 is 79.7 Å². The van der Waals surface area contributed by atoms with E-state index in [0.717, 1.165) is 0 Å². The SMILES string of the molecule is CC[C@H](C)[C@H](NC(=O)[C@H](CC(=O)O)NC(=O)[C@H](Cc1ccc(O)cc1)NC(=O)[C@@H]1CCCN1C(=O)[C@@H](N)[C@@H](C)O)C(=O)N[C@@H](CC(N)=O)C(=O)N[C@@H](CCC(N)=O)C(=O)N[C@@H](CCSC)C(=O)N[C@@H](CC(C)C)C(=O)O. The third kappa shape index (κ3) is 21.6. The Morgan fingerprint density at radius 1 is 0.684 bits per heavy atom. The van der Waals surface area contributed by atoms with Crippen LogP contribution in [0, 0.1) is 11.8 Å². The lowest BCUT2D eigenvalue weighted by Gasteiger charge is -2.30. The summed E-state index contributed by atoms with van der Waals surface area (Å²) < 4.78 is 0. The van der Waals surface area contributed by atoms with Gasteiger partial charge >= 0.3 is 11.9 Å². The van der Waals surface area contributed by atoms with Crippen molar-refractivity contribution in [1.29, 1.82) is 0 Å². The van der Waals surface area contributed by atoms with E-state index in [-0.39, 0.29) is 50.3 Å². The Morgan fingerprint density at radius 2 is 1.20 bits per heavy atom. The molecule has 0 spiro atoms. The average Bonchev–Trinajstić information content (AvgIpc) is 3.84. The van der Waals surface area contributed by atoms with Gasteiger partial charge in [-0.15, -0.1) is 0 Å². The molecule has 0 saturated carbocycles. The summed E-state index contributed by atoms with van der Waals surface area (Å²) in [4.78, 5) is 160. The van der Waals surface area contributed by atoms with E-state index in [1.165, 1.54) is 54.8 Å². The number of rotatable bonds is 33. The molecule has 424 valence electrons. The Balaban J connectivity index is 2.45. The van der Waals surface area contributed by atoms with Crippen molar-refractivity contribution in [3.05, 3.63) is 29.8 Å². The molecule has 1 heterocycles. The van der Waals surface area contributed by atoms with E-state index in [1.54, 1.807) is 27.0 Å². The second-order valence-corrected chi connectivity index (χ2v) is 20.1. The normalized spacial score (nSPS) is 17.1. The van der Waals surface area contributed by atoms with Crippen LogP contribution in [-0.4, -0.2) is 175 Å². The number of primary amides is 2. The average molecular weight is 1090 g/mol. The van der Waals surface area contributed by atoms with Crippen LogP contribution in [0.1, 0.15) is 98.0 Å². The predicted molar refractivity (Wildman–Crippen MR) is 274 cm³/mol. The highest BCUT2D eigenvalue weighted by Crippen LogP contribution is 2.20. The van der Waals surface area contributed by atoms with Gasteiger partial charge in [0.05, 0.1) is 18.9 Å². The largest absolute Gasteiger partial charge is 0.508 e. The van der Waals surface area contributed by atoms with E-state index in [0.29, 0.717) is 17.7 Å². The molecule has 11 atom stereocenters. The fourth-order valence-electron chi connectivity index (χ4n) is 7.90. The number of nitrogens with two attached hydrogens (primary N) is 3.